The average Bonchev–Trinajstić information content (AvgIpc) is 2.53. The summed E-state index contributed by atoms with van der Waals surface area (Å²) in [6.07, 6.45) is 0. The molecule has 0 aliphatic rings. The van der Waals surface area contributed by atoms with Crippen LogP contribution in [0.1, 0.15) is 22.7 Å². The van der Waals surface area contributed by atoms with Gasteiger partial charge in [-0.3, -0.25) is 0 Å². The lowest BCUT2D eigenvalue weighted by molar-refractivity contribution is -0.890. The number of halogens is 3. The van der Waals surface area contributed by atoms with Gasteiger partial charge < -0.3 is 15.5 Å². The molecule has 2 aromatic rings. The van der Waals surface area contributed by atoms with Crippen LogP contribution in [0.3, 0.4) is 0 Å². The fourth-order valence-corrected chi connectivity index (χ4v) is 3.71. The van der Waals surface area contributed by atoms with Crippen molar-refractivity contribution in [1.29, 1.82) is 0 Å². The van der Waals surface area contributed by atoms with E-state index in [0.717, 1.165) is 21.7 Å². The molecule has 26 heavy (non-hydrogen) atoms. The van der Waals surface area contributed by atoms with Crippen LogP contribution in [0.15, 0.2) is 30.3 Å². The second kappa shape index (κ2) is 9.00. The lowest BCUT2D eigenvalue weighted by Crippen LogP contribution is -3.07. The van der Waals surface area contributed by atoms with E-state index in [1.165, 1.54) is 6.07 Å². The van der Waals surface area contributed by atoms with E-state index >= 15 is 0 Å². The van der Waals surface area contributed by atoms with Crippen LogP contribution in [0.4, 0.5) is 10.1 Å². The number of rotatable bonds is 5. The first-order chi connectivity index (χ1) is 12.2. The van der Waals surface area contributed by atoms with Crippen LogP contribution in [-0.2, 0) is 0 Å². The number of anilines is 1. The van der Waals surface area contributed by atoms with Gasteiger partial charge in [-0.2, -0.15) is 0 Å². The number of hydrogen-bond donors (Lipinski definition) is 3. The van der Waals surface area contributed by atoms with Crippen molar-refractivity contribution in [3.05, 3.63) is 62.9 Å². The maximum Gasteiger partial charge on any atom is 0.171 e. The molecule has 0 saturated heterocycles. The molecule has 0 bridgehead atoms. The van der Waals surface area contributed by atoms with Crippen LogP contribution in [0.25, 0.3) is 0 Å². The van der Waals surface area contributed by atoms with Crippen LogP contribution in [0.2, 0.25) is 10.0 Å². The Bertz CT molecular complexity index is 768. The van der Waals surface area contributed by atoms with Crippen LogP contribution < -0.4 is 15.5 Å². The number of benzene rings is 2. The highest BCUT2D eigenvalue weighted by molar-refractivity contribution is 7.80. The van der Waals surface area contributed by atoms with E-state index in [1.54, 1.807) is 12.1 Å². The lowest BCUT2D eigenvalue weighted by atomic mass is 10.1. The Morgan fingerprint density at radius 3 is 2.46 bits per heavy atom. The molecule has 7 heteroatoms. The number of likely N-dealkylation sites (N-methyl/N-ethyl adjacent to an activating group) is 1. The van der Waals surface area contributed by atoms with Gasteiger partial charge >= 0.3 is 0 Å². The normalized spacial score (nSPS) is 12.2. The molecule has 3 N–H and O–H groups in total. The first-order valence-corrected chi connectivity index (χ1v) is 9.42. The molecule has 0 saturated carbocycles. The van der Waals surface area contributed by atoms with Gasteiger partial charge in [-0.05, 0) is 55.4 Å². The van der Waals surface area contributed by atoms with Gasteiger partial charge in [0.25, 0.3) is 0 Å². The number of thiocarbonyl (C=S) groups is 1. The highest BCUT2D eigenvalue weighted by Crippen LogP contribution is 2.27. The summed E-state index contributed by atoms with van der Waals surface area (Å²) >= 11 is 17.9. The van der Waals surface area contributed by atoms with Gasteiger partial charge in [0.1, 0.15) is 11.9 Å². The first-order valence-electron chi connectivity index (χ1n) is 8.26. The minimum atomic E-state index is -0.318. The molecule has 0 aliphatic heterocycles. The second-order valence-corrected chi connectivity index (χ2v) is 7.76. The van der Waals surface area contributed by atoms with Crippen LogP contribution in [0, 0.1) is 19.7 Å². The number of nitrogens with one attached hydrogen (secondary N) is 3. The summed E-state index contributed by atoms with van der Waals surface area (Å²) < 4.78 is 14.3. The first kappa shape index (κ1) is 20.9. The zero-order chi connectivity index (χ0) is 19.4. The van der Waals surface area contributed by atoms with Gasteiger partial charge in [-0.15, -0.1) is 0 Å². The highest BCUT2D eigenvalue weighted by Gasteiger charge is 2.24. The standard InChI is InChI=1S/C19H22Cl2FN3S/c1-11-8-12(2)18(14(21)9-11)24-19(26)23-10-16(25(3)4)17-13(20)6-5-7-15(17)22/h5-9,16H,10H2,1-4H3,(H2,23,24,26)/p+1/t16-/m0/s1. The predicted molar refractivity (Wildman–Crippen MR) is 112 cm³/mol. The van der Waals surface area contributed by atoms with Gasteiger partial charge in [0.05, 0.1) is 41.9 Å². The van der Waals surface area contributed by atoms with Crippen molar-refractivity contribution >= 4 is 46.2 Å². The third-order valence-corrected chi connectivity index (χ3v) is 5.06. The molecule has 0 aromatic heterocycles. The molecular formula is C19H23Cl2FN3S+. The Morgan fingerprint density at radius 1 is 1.19 bits per heavy atom. The molecule has 2 aromatic carbocycles. The highest BCUT2D eigenvalue weighted by atomic mass is 35.5. The molecule has 0 unspecified atom stereocenters. The molecule has 0 heterocycles. The summed E-state index contributed by atoms with van der Waals surface area (Å²) in [5, 5.41) is 7.73. The van der Waals surface area contributed by atoms with Crippen LogP contribution in [-0.4, -0.2) is 25.8 Å². The van der Waals surface area contributed by atoms with E-state index in [1.807, 2.05) is 40.1 Å². The Kier molecular flexibility index (Phi) is 7.24. The summed E-state index contributed by atoms with van der Waals surface area (Å²) in [6, 6.07) is 8.43. The zero-order valence-electron chi connectivity index (χ0n) is 15.2. The molecule has 2 rings (SSSR count). The van der Waals surface area contributed by atoms with Crippen LogP contribution >= 0.6 is 35.4 Å². The van der Waals surface area contributed by atoms with Gasteiger partial charge in [-0.1, -0.05) is 35.3 Å². The predicted octanol–water partition coefficient (Wildman–Crippen LogP) is 3.92. The van der Waals surface area contributed by atoms with E-state index in [0.29, 0.717) is 27.3 Å². The summed E-state index contributed by atoms with van der Waals surface area (Å²) in [5.74, 6) is -0.318. The van der Waals surface area contributed by atoms with Crippen molar-refractivity contribution in [2.24, 2.45) is 0 Å². The van der Waals surface area contributed by atoms with Crippen molar-refractivity contribution < 1.29 is 9.29 Å². The molecule has 140 valence electrons. The third-order valence-electron chi connectivity index (χ3n) is 4.18. The van der Waals surface area contributed by atoms with E-state index in [-0.39, 0.29) is 11.9 Å². The van der Waals surface area contributed by atoms with E-state index < -0.39 is 0 Å². The number of hydrogen-bond acceptors (Lipinski definition) is 1. The van der Waals surface area contributed by atoms with Crippen LogP contribution in [0.5, 0.6) is 0 Å². The summed E-state index contributed by atoms with van der Waals surface area (Å²) in [4.78, 5) is 1.04. The van der Waals surface area contributed by atoms with Gasteiger partial charge in [0.15, 0.2) is 5.11 Å². The Labute approximate surface area is 169 Å². The van der Waals surface area contributed by atoms with Gasteiger partial charge in [-0.25, -0.2) is 4.39 Å². The zero-order valence-corrected chi connectivity index (χ0v) is 17.5. The molecule has 0 radical (unpaired) electrons. The smallest absolute Gasteiger partial charge is 0.171 e. The molecule has 0 fully saturated rings. The van der Waals surface area contributed by atoms with Crippen molar-refractivity contribution in [3.8, 4) is 0 Å². The summed E-state index contributed by atoms with van der Waals surface area (Å²) in [7, 11) is 3.90. The maximum atomic E-state index is 14.3. The quantitative estimate of drug-likeness (QED) is 0.647. The number of quaternary nitrogens is 1. The molecular weight excluding hydrogens is 392 g/mol. The molecule has 0 amide bonds. The van der Waals surface area contributed by atoms with Gasteiger partial charge in [0, 0.05) is 0 Å². The Balaban J connectivity index is 2.12. The Morgan fingerprint density at radius 2 is 1.88 bits per heavy atom. The minimum absolute atomic E-state index is 0.196. The summed E-state index contributed by atoms with van der Waals surface area (Å²) in [5.41, 5.74) is 3.34. The lowest BCUT2D eigenvalue weighted by Gasteiger charge is -2.24. The fourth-order valence-electron chi connectivity index (χ4n) is 2.86. The van der Waals surface area contributed by atoms with E-state index in [9.17, 15) is 4.39 Å². The maximum absolute atomic E-state index is 14.3. The topological polar surface area (TPSA) is 28.5 Å². The van der Waals surface area contributed by atoms with Crippen molar-refractivity contribution in [3.63, 3.8) is 0 Å². The Hall–Kier alpha value is -1.40. The van der Waals surface area contributed by atoms with Crippen molar-refractivity contribution in [2.75, 3.05) is 26.0 Å². The van der Waals surface area contributed by atoms with Crippen molar-refractivity contribution in [1.82, 2.24) is 5.32 Å². The molecule has 3 nitrogen and oxygen atoms in total. The third kappa shape index (κ3) is 5.07. The molecule has 0 aliphatic carbocycles. The van der Waals surface area contributed by atoms with Crippen molar-refractivity contribution in [2.45, 2.75) is 19.9 Å². The second-order valence-electron chi connectivity index (χ2n) is 6.54. The number of aryl methyl sites for hydroxylation is 2. The minimum Gasteiger partial charge on any atom is -0.356 e. The largest absolute Gasteiger partial charge is 0.356 e. The van der Waals surface area contributed by atoms with E-state index in [4.69, 9.17) is 35.4 Å². The fraction of sp³-hybridized carbons (Fsp3) is 0.316. The monoisotopic (exact) mass is 414 g/mol. The molecule has 1 atom stereocenters. The molecule has 0 spiro atoms. The average molecular weight is 415 g/mol. The SMILES string of the molecule is Cc1cc(C)c(NC(=S)NC[C@@H](c2c(F)cccc2Cl)[NH+](C)C)c(Cl)c1. The summed E-state index contributed by atoms with van der Waals surface area (Å²) in [6.45, 7) is 4.38. The van der Waals surface area contributed by atoms with E-state index in [2.05, 4.69) is 10.6 Å². The van der Waals surface area contributed by atoms with Gasteiger partial charge in [0.2, 0.25) is 0 Å².